The summed E-state index contributed by atoms with van der Waals surface area (Å²) in [6.45, 7) is 5.27. The molecule has 1 aromatic heterocycles. The number of carbonyl (C=O) groups excluding carboxylic acids is 3. The van der Waals surface area contributed by atoms with Crippen LogP contribution in [-0.4, -0.2) is 41.5 Å². The Morgan fingerprint density at radius 3 is 2.33 bits per heavy atom. The number of rotatable bonds is 6. The number of fused-ring (bicyclic) bond motifs is 1. The minimum absolute atomic E-state index is 0.0656. The van der Waals surface area contributed by atoms with Crippen molar-refractivity contribution in [2.45, 2.75) is 45.4 Å². The fraction of sp³-hybridized carbons (Fsp3) is 0.320. The van der Waals surface area contributed by atoms with Gasteiger partial charge in [-0.1, -0.05) is 48.5 Å². The van der Waals surface area contributed by atoms with E-state index in [1.54, 1.807) is 39.1 Å². The Hall–Kier alpha value is -3.81. The highest BCUT2D eigenvalue weighted by Crippen LogP contribution is 2.23. The van der Waals surface area contributed by atoms with Crippen LogP contribution in [0.2, 0.25) is 0 Å². The van der Waals surface area contributed by atoms with Crippen LogP contribution in [0.3, 0.4) is 0 Å². The number of carbonyl (C=O) groups is 3. The average Bonchev–Trinajstić information content (AvgIpc) is 3.14. The molecule has 2 aromatic carbocycles. The summed E-state index contributed by atoms with van der Waals surface area (Å²) in [5.74, 6) is -0.611. The van der Waals surface area contributed by atoms with E-state index in [2.05, 4.69) is 5.32 Å². The maximum Gasteiger partial charge on any atom is 0.418 e. The van der Waals surface area contributed by atoms with Crippen molar-refractivity contribution in [2.75, 3.05) is 7.11 Å². The lowest BCUT2D eigenvalue weighted by Crippen LogP contribution is -2.45. The number of benzene rings is 2. The third-order valence-electron chi connectivity index (χ3n) is 4.79. The van der Waals surface area contributed by atoms with Crippen molar-refractivity contribution in [3.05, 3.63) is 71.9 Å². The van der Waals surface area contributed by atoms with Gasteiger partial charge in [0.05, 0.1) is 12.6 Å². The second kappa shape index (κ2) is 10.2. The van der Waals surface area contributed by atoms with E-state index in [1.807, 2.05) is 42.5 Å². The molecule has 174 valence electrons. The van der Waals surface area contributed by atoms with E-state index >= 15 is 0 Å². The van der Waals surface area contributed by atoms with E-state index in [1.165, 1.54) is 11.7 Å². The third-order valence-corrected chi connectivity index (χ3v) is 4.79. The van der Waals surface area contributed by atoms with Gasteiger partial charge in [-0.3, -0.25) is 4.57 Å². The number of nitrogens with one attached hydrogen (secondary N) is 1. The Labute approximate surface area is 192 Å². The van der Waals surface area contributed by atoms with Crippen LogP contribution in [0.25, 0.3) is 10.9 Å². The largest absolute Gasteiger partial charge is 0.459 e. The van der Waals surface area contributed by atoms with Gasteiger partial charge in [-0.05, 0) is 38.0 Å². The van der Waals surface area contributed by atoms with E-state index in [-0.39, 0.29) is 13.0 Å². The zero-order chi connectivity index (χ0) is 24.0. The molecule has 1 atom stereocenters. The molecular weight excluding hydrogens is 424 g/mol. The number of esters is 1. The zero-order valence-corrected chi connectivity index (χ0v) is 19.2. The summed E-state index contributed by atoms with van der Waals surface area (Å²) in [7, 11) is 1.30. The Morgan fingerprint density at radius 2 is 1.67 bits per heavy atom. The Morgan fingerprint density at radius 1 is 1.00 bits per heavy atom. The van der Waals surface area contributed by atoms with Crippen LogP contribution < -0.4 is 5.32 Å². The average molecular weight is 453 g/mol. The van der Waals surface area contributed by atoms with Crippen LogP contribution in [0.15, 0.2) is 60.8 Å². The monoisotopic (exact) mass is 452 g/mol. The number of hydrogen-bond acceptors (Lipinski definition) is 6. The van der Waals surface area contributed by atoms with Gasteiger partial charge < -0.3 is 19.5 Å². The van der Waals surface area contributed by atoms with Crippen molar-refractivity contribution < 1.29 is 28.6 Å². The summed E-state index contributed by atoms with van der Waals surface area (Å²) in [5, 5.41) is 3.37. The fourth-order valence-electron chi connectivity index (χ4n) is 3.35. The molecule has 3 rings (SSSR count). The molecule has 0 saturated carbocycles. The number of alkyl carbamates (subject to hydrolysis) is 1. The predicted molar refractivity (Wildman–Crippen MR) is 123 cm³/mol. The Balaban J connectivity index is 1.86. The minimum Gasteiger partial charge on any atom is -0.459 e. The number of hydrogen-bond donors (Lipinski definition) is 1. The molecule has 0 fully saturated rings. The van der Waals surface area contributed by atoms with Crippen molar-refractivity contribution in [3.63, 3.8) is 0 Å². The number of nitrogens with zero attached hydrogens (tertiary/aromatic N) is 1. The molecule has 0 aliphatic rings. The highest BCUT2D eigenvalue weighted by atomic mass is 16.6. The first kappa shape index (κ1) is 23.8. The highest BCUT2D eigenvalue weighted by Gasteiger charge is 2.28. The molecule has 1 N–H and O–H groups in total. The lowest BCUT2D eigenvalue weighted by atomic mass is 10.1. The maximum atomic E-state index is 13.0. The Bertz CT molecular complexity index is 1130. The standard InChI is InChI=1S/C25H28N2O6/c1-25(2,3)33-23(29)26-20(22(28)32-16-17-10-6-5-7-11-17)14-18-15-27(24(30)31-4)21-13-9-8-12-19(18)21/h5-13,15,20H,14,16H2,1-4H3,(H,26,29)/t20-/m1/s1. The number of methoxy groups -OCH3 is 1. The molecule has 33 heavy (non-hydrogen) atoms. The molecule has 0 saturated heterocycles. The number of ether oxygens (including phenoxy) is 3. The van der Waals surface area contributed by atoms with Gasteiger partial charge in [-0.25, -0.2) is 14.4 Å². The summed E-state index contributed by atoms with van der Waals surface area (Å²) >= 11 is 0. The van der Waals surface area contributed by atoms with Gasteiger partial charge in [-0.15, -0.1) is 0 Å². The molecule has 1 amide bonds. The molecule has 0 unspecified atom stereocenters. The fourth-order valence-corrected chi connectivity index (χ4v) is 3.35. The molecule has 1 heterocycles. The lowest BCUT2D eigenvalue weighted by Gasteiger charge is -2.23. The van der Waals surface area contributed by atoms with Crippen LogP contribution in [0.5, 0.6) is 0 Å². The van der Waals surface area contributed by atoms with Crippen molar-refractivity contribution >= 4 is 29.1 Å². The second-order valence-electron chi connectivity index (χ2n) is 8.51. The second-order valence-corrected chi connectivity index (χ2v) is 8.51. The van der Waals surface area contributed by atoms with Gasteiger partial charge in [0.15, 0.2) is 0 Å². The molecule has 0 aliphatic carbocycles. The molecule has 8 heteroatoms. The summed E-state index contributed by atoms with van der Waals surface area (Å²) < 4.78 is 17.0. The van der Waals surface area contributed by atoms with Crippen molar-refractivity contribution in [1.29, 1.82) is 0 Å². The maximum absolute atomic E-state index is 13.0. The molecule has 8 nitrogen and oxygen atoms in total. The van der Waals surface area contributed by atoms with Crippen LogP contribution >= 0.6 is 0 Å². The zero-order valence-electron chi connectivity index (χ0n) is 19.2. The van der Waals surface area contributed by atoms with Crippen molar-refractivity contribution in [2.24, 2.45) is 0 Å². The highest BCUT2D eigenvalue weighted by molar-refractivity contribution is 5.92. The molecule has 0 bridgehead atoms. The van der Waals surface area contributed by atoms with E-state index in [0.29, 0.717) is 11.1 Å². The van der Waals surface area contributed by atoms with Crippen LogP contribution in [0.1, 0.15) is 31.9 Å². The number of para-hydroxylation sites is 1. The minimum atomic E-state index is -1.03. The topological polar surface area (TPSA) is 95.9 Å². The summed E-state index contributed by atoms with van der Waals surface area (Å²) in [6, 6.07) is 15.5. The molecular formula is C25H28N2O6. The van der Waals surface area contributed by atoms with Gasteiger partial charge in [0, 0.05) is 18.0 Å². The van der Waals surface area contributed by atoms with E-state index < -0.39 is 29.8 Å². The normalized spacial score (nSPS) is 12.1. The first-order valence-electron chi connectivity index (χ1n) is 10.6. The molecule has 0 spiro atoms. The van der Waals surface area contributed by atoms with E-state index in [4.69, 9.17) is 14.2 Å². The molecule has 0 radical (unpaired) electrons. The molecule has 3 aromatic rings. The van der Waals surface area contributed by atoms with Gasteiger partial charge in [-0.2, -0.15) is 0 Å². The third kappa shape index (κ3) is 6.35. The number of amides is 1. The van der Waals surface area contributed by atoms with Gasteiger partial charge in [0.25, 0.3) is 0 Å². The first-order valence-corrected chi connectivity index (χ1v) is 10.6. The quantitative estimate of drug-likeness (QED) is 0.439. The Kier molecular flexibility index (Phi) is 7.37. The van der Waals surface area contributed by atoms with Crippen LogP contribution in [0, 0.1) is 0 Å². The van der Waals surface area contributed by atoms with Crippen molar-refractivity contribution in [3.8, 4) is 0 Å². The predicted octanol–water partition coefficient (Wildman–Crippen LogP) is 4.44. The van der Waals surface area contributed by atoms with E-state index in [0.717, 1.165) is 10.9 Å². The van der Waals surface area contributed by atoms with Gasteiger partial charge in [0.1, 0.15) is 18.2 Å². The summed E-state index contributed by atoms with van der Waals surface area (Å²) in [6.07, 6.45) is 0.406. The molecule has 0 aliphatic heterocycles. The summed E-state index contributed by atoms with van der Waals surface area (Å²) in [4.78, 5) is 37.6. The van der Waals surface area contributed by atoms with Gasteiger partial charge >= 0.3 is 18.2 Å². The van der Waals surface area contributed by atoms with Crippen LogP contribution in [-0.2, 0) is 32.0 Å². The SMILES string of the molecule is COC(=O)n1cc(C[C@@H](NC(=O)OC(C)(C)C)C(=O)OCc2ccccc2)c2ccccc21. The number of aromatic nitrogens is 1. The smallest absolute Gasteiger partial charge is 0.418 e. The van der Waals surface area contributed by atoms with Crippen molar-refractivity contribution in [1.82, 2.24) is 9.88 Å². The summed E-state index contributed by atoms with van der Waals surface area (Å²) in [5.41, 5.74) is 1.40. The van der Waals surface area contributed by atoms with E-state index in [9.17, 15) is 14.4 Å². The van der Waals surface area contributed by atoms with Crippen LogP contribution in [0.4, 0.5) is 9.59 Å². The van der Waals surface area contributed by atoms with Gasteiger partial charge in [0.2, 0.25) is 0 Å². The lowest BCUT2D eigenvalue weighted by molar-refractivity contribution is -0.147. The first-order chi connectivity index (χ1) is 15.7.